The Labute approximate surface area is 161 Å². The predicted octanol–water partition coefficient (Wildman–Crippen LogP) is 3.71. The lowest BCUT2D eigenvalue weighted by atomic mass is 10.2. The van der Waals surface area contributed by atoms with Crippen LogP contribution >= 0.6 is 11.3 Å². The summed E-state index contributed by atoms with van der Waals surface area (Å²) in [6.45, 7) is 0.145. The molecular formula is C21H20N2O3S. The van der Waals surface area contributed by atoms with Gasteiger partial charge in [0, 0.05) is 33.3 Å². The van der Waals surface area contributed by atoms with Gasteiger partial charge in [-0.15, -0.1) is 11.3 Å². The van der Waals surface area contributed by atoms with Crippen LogP contribution in [0.5, 0.6) is 0 Å². The highest BCUT2D eigenvalue weighted by atomic mass is 32.1. The zero-order valence-electron chi connectivity index (χ0n) is 14.6. The number of carbonyl (C=O) groups excluding carboxylic acids is 2. The van der Waals surface area contributed by atoms with Gasteiger partial charge in [-0.25, -0.2) is 0 Å². The number of rotatable bonds is 6. The number of thiophene rings is 1. The van der Waals surface area contributed by atoms with E-state index in [0.717, 1.165) is 27.8 Å². The highest BCUT2D eigenvalue weighted by molar-refractivity contribution is 7.19. The zero-order chi connectivity index (χ0) is 18.8. The summed E-state index contributed by atoms with van der Waals surface area (Å²) >= 11 is 1.53. The van der Waals surface area contributed by atoms with Crippen LogP contribution in [0.1, 0.15) is 34.2 Å². The van der Waals surface area contributed by atoms with Crippen LogP contribution < -0.4 is 10.6 Å². The Morgan fingerprint density at radius 2 is 1.85 bits per heavy atom. The minimum atomic E-state index is -0.747. The van der Waals surface area contributed by atoms with Gasteiger partial charge >= 0.3 is 0 Å². The van der Waals surface area contributed by atoms with Gasteiger partial charge in [0.15, 0.2) is 0 Å². The minimum Gasteiger partial charge on any atom is -0.386 e. The number of benzene rings is 2. The Balaban J connectivity index is 1.33. The van der Waals surface area contributed by atoms with Crippen LogP contribution in [0.15, 0.2) is 54.6 Å². The van der Waals surface area contributed by atoms with Gasteiger partial charge < -0.3 is 15.7 Å². The summed E-state index contributed by atoms with van der Waals surface area (Å²) in [7, 11) is 0. The molecule has 1 unspecified atom stereocenters. The quantitative estimate of drug-likeness (QED) is 0.610. The van der Waals surface area contributed by atoms with Crippen LogP contribution in [0.3, 0.4) is 0 Å². The molecule has 5 nitrogen and oxygen atoms in total. The van der Waals surface area contributed by atoms with Crippen molar-refractivity contribution in [2.45, 2.75) is 18.9 Å². The Bertz CT molecular complexity index is 944. The average molecular weight is 380 g/mol. The van der Waals surface area contributed by atoms with E-state index in [1.807, 2.05) is 30.3 Å². The molecule has 27 heavy (non-hydrogen) atoms. The number of hydrogen-bond acceptors (Lipinski definition) is 4. The van der Waals surface area contributed by atoms with E-state index in [1.165, 1.54) is 11.3 Å². The summed E-state index contributed by atoms with van der Waals surface area (Å²) < 4.78 is 1.11. The average Bonchev–Trinajstić information content (AvgIpc) is 3.45. The van der Waals surface area contributed by atoms with Crippen LogP contribution in [0.25, 0.3) is 10.1 Å². The van der Waals surface area contributed by atoms with E-state index in [-0.39, 0.29) is 24.3 Å². The normalized spacial score (nSPS) is 14.7. The summed E-state index contributed by atoms with van der Waals surface area (Å²) in [5.74, 6) is -0.0720. The molecule has 0 bridgehead atoms. The van der Waals surface area contributed by atoms with E-state index >= 15 is 0 Å². The fraction of sp³-hybridized carbons (Fsp3) is 0.238. The van der Waals surface area contributed by atoms with E-state index in [0.29, 0.717) is 11.3 Å². The Morgan fingerprint density at radius 3 is 2.56 bits per heavy atom. The molecule has 1 atom stereocenters. The largest absolute Gasteiger partial charge is 0.386 e. The van der Waals surface area contributed by atoms with Crippen LogP contribution in [0.4, 0.5) is 5.69 Å². The first-order valence-electron chi connectivity index (χ1n) is 8.96. The van der Waals surface area contributed by atoms with Crippen LogP contribution in [-0.4, -0.2) is 23.5 Å². The minimum absolute atomic E-state index is 0.0404. The van der Waals surface area contributed by atoms with E-state index in [4.69, 9.17) is 0 Å². The van der Waals surface area contributed by atoms with Gasteiger partial charge in [0.1, 0.15) is 6.10 Å². The first kappa shape index (κ1) is 17.7. The molecule has 138 valence electrons. The van der Waals surface area contributed by atoms with Crippen molar-refractivity contribution in [2.75, 3.05) is 11.9 Å². The van der Waals surface area contributed by atoms with Crippen molar-refractivity contribution in [3.8, 4) is 0 Å². The molecule has 1 heterocycles. The third-order valence-electron chi connectivity index (χ3n) is 4.59. The fourth-order valence-electron chi connectivity index (χ4n) is 2.85. The lowest BCUT2D eigenvalue weighted by molar-refractivity contribution is -0.117. The number of amides is 2. The van der Waals surface area contributed by atoms with Crippen molar-refractivity contribution >= 4 is 38.9 Å². The van der Waals surface area contributed by atoms with E-state index in [9.17, 15) is 14.7 Å². The zero-order valence-corrected chi connectivity index (χ0v) is 15.5. The SMILES string of the molecule is O=C(NCC(O)c1cc2ccccc2s1)c1ccc(NC(=O)C2CC2)cc1. The molecule has 2 amide bonds. The number of aliphatic hydroxyl groups excluding tert-OH is 1. The van der Waals surface area contributed by atoms with Crippen LogP contribution in [-0.2, 0) is 4.79 Å². The fourth-order valence-corrected chi connectivity index (χ4v) is 3.90. The molecule has 0 saturated heterocycles. The number of anilines is 1. The highest BCUT2D eigenvalue weighted by Crippen LogP contribution is 2.30. The molecule has 1 aliphatic rings. The second-order valence-electron chi connectivity index (χ2n) is 6.75. The molecule has 4 rings (SSSR count). The number of nitrogens with one attached hydrogen (secondary N) is 2. The molecule has 1 aromatic heterocycles. The summed E-state index contributed by atoms with van der Waals surface area (Å²) in [4.78, 5) is 24.9. The van der Waals surface area contributed by atoms with Crippen molar-refractivity contribution in [1.29, 1.82) is 0 Å². The summed E-state index contributed by atoms with van der Waals surface area (Å²) in [6, 6.07) is 16.7. The summed E-state index contributed by atoms with van der Waals surface area (Å²) in [6.07, 6.45) is 1.16. The first-order valence-corrected chi connectivity index (χ1v) is 9.77. The number of aliphatic hydroxyl groups is 1. The maximum absolute atomic E-state index is 12.3. The number of hydrogen-bond donors (Lipinski definition) is 3. The Kier molecular flexibility index (Phi) is 4.92. The molecule has 0 radical (unpaired) electrons. The van der Waals surface area contributed by atoms with Gasteiger partial charge in [0.25, 0.3) is 5.91 Å². The second kappa shape index (κ2) is 7.50. The topological polar surface area (TPSA) is 78.4 Å². The van der Waals surface area contributed by atoms with Crippen LogP contribution in [0.2, 0.25) is 0 Å². The molecule has 6 heteroatoms. The van der Waals surface area contributed by atoms with Gasteiger partial charge in [0.2, 0.25) is 5.91 Å². The van der Waals surface area contributed by atoms with Gasteiger partial charge in [-0.05, 0) is 54.6 Å². The lowest BCUT2D eigenvalue weighted by Crippen LogP contribution is -2.28. The Morgan fingerprint density at radius 1 is 1.11 bits per heavy atom. The molecule has 0 spiro atoms. The standard InChI is InChI=1S/C21H20N2O3S/c24-17(19-11-15-3-1-2-4-18(15)27-19)12-22-20(25)13-7-9-16(10-8-13)23-21(26)14-5-6-14/h1-4,7-11,14,17,24H,5-6,12H2,(H,22,25)(H,23,26). The monoisotopic (exact) mass is 380 g/mol. The van der Waals surface area contributed by atoms with Crippen molar-refractivity contribution in [3.05, 3.63) is 65.0 Å². The first-order chi connectivity index (χ1) is 13.1. The third-order valence-corrected chi connectivity index (χ3v) is 5.81. The van der Waals surface area contributed by atoms with Gasteiger partial charge in [-0.3, -0.25) is 9.59 Å². The molecular weight excluding hydrogens is 360 g/mol. The smallest absolute Gasteiger partial charge is 0.251 e. The summed E-state index contributed by atoms with van der Waals surface area (Å²) in [5, 5.41) is 17.1. The predicted molar refractivity (Wildman–Crippen MR) is 107 cm³/mol. The highest BCUT2D eigenvalue weighted by Gasteiger charge is 2.29. The molecule has 1 fully saturated rings. The maximum Gasteiger partial charge on any atom is 0.251 e. The van der Waals surface area contributed by atoms with Gasteiger partial charge in [0.05, 0.1) is 0 Å². The van der Waals surface area contributed by atoms with Gasteiger partial charge in [-0.2, -0.15) is 0 Å². The molecule has 1 saturated carbocycles. The second-order valence-corrected chi connectivity index (χ2v) is 7.87. The lowest BCUT2D eigenvalue weighted by Gasteiger charge is -2.11. The number of carbonyl (C=O) groups is 2. The van der Waals surface area contributed by atoms with E-state index < -0.39 is 6.10 Å². The van der Waals surface area contributed by atoms with Gasteiger partial charge in [-0.1, -0.05) is 18.2 Å². The summed E-state index contributed by atoms with van der Waals surface area (Å²) in [5.41, 5.74) is 1.18. The molecule has 3 aromatic rings. The van der Waals surface area contributed by atoms with Crippen molar-refractivity contribution < 1.29 is 14.7 Å². The third kappa shape index (κ3) is 4.18. The Hall–Kier alpha value is -2.70. The molecule has 0 aliphatic heterocycles. The van der Waals surface area contributed by atoms with Crippen molar-refractivity contribution in [1.82, 2.24) is 5.32 Å². The van der Waals surface area contributed by atoms with E-state index in [2.05, 4.69) is 10.6 Å². The molecule has 3 N–H and O–H groups in total. The molecule has 2 aromatic carbocycles. The van der Waals surface area contributed by atoms with E-state index in [1.54, 1.807) is 24.3 Å². The van der Waals surface area contributed by atoms with Crippen LogP contribution in [0, 0.1) is 5.92 Å². The molecule has 1 aliphatic carbocycles. The van der Waals surface area contributed by atoms with Crippen molar-refractivity contribution in [3.63, 3.8) is 0 Å². The maximum atomic E-state index is 12.3. The number of fused-ring (bicyclic) bond motifs is 1. The van der Waals surface area contributed by atoms with Crippen molar-refractivity contribution in [2.24, 2.45) is 5.92 Å².